The highest BCUT2D eigenvalue weighted by atomic mass is 19.3. The molecule has 1 aliphatic heterocycles. The molecular weight excluding hydrogens is 288 g/mol. The number of benzene rings is 1. The van der Waals surface area contributed by atoms with Crippen LogP contribution >= 0.6 is 0 Å². The molecule has 0 aromatic heterocycles. The molecule has 0 saturated carbocycles. The van der Waals surface area contributed by atoms with E-state index < -0.39 is 11.8 Å². The van der Waals surface area contributed by atoms with Crippen molar-refractivity contribution in [3.63, 3.8) is 0 Å². The number of nitrogens with zero attached hydrogens (tertiary/aromatic N) is 2. The van der Waals surface area contributed by atoms with Crippen molar-refractivity contribution in [2.75, 3.05) is 13.1 Å². The van der Waals surface area contributed by atoms with Gasteiger partial charge in [-0.25, -0.2) is 5.43 Å². The number of carbonyl (C=O) groups excluding carboxylic acids is 1. The molecule has 0 bridgehead atoms. The van der Waals surface area contributed by atoms with Crippen LogP contribution in [0.3, 0.4) is 0 Å². The van der Waals surface area contributed by atoms with Crippen molar-refractivity contribution in [2.45, 2.75) is 38.7 Å². The van der Waals surface area contributed by atoms with Crippen LogP contribution in [0.25, 0.3) is 0 Å². The third-order valence-electron chi connectivity index (χ3n) is 3.71. The summed E-state index contributed by atoms with van der Waals surface area (Å²) in [5.74, 6) is -3.52. The van der Waals surface area contributed by atoms with E-state index in [4.69, 9.17) is 0 Å². The molecule has 2 rings (SSSR count). The van der Waals surface area contributed by atoms with Crippen molar-refractivity contribution >= 4 is 11.6 Å². The van der Waals surface area contributed by atoms with E-state index >= 15 is 0 Å². The van der Waals surface area contributed by atoms with Gasteiger partial charge in [0.05, 0.1) is 6.54 Å². The number of alkyl halides is 2. The monoisotopic (exact) mass is 309 g/mol. The van der Waals surface area contributed by atoms with Gasteiger partial charge in [-0.3, -0.25) is 9.69 Å². The largest absolute Gasteiger partial charge is 0.300 e. The van der Waals surface area contributed by atoms with E-state index in [2.05, 4.69) is 10.5 Å². The number of carbonyl (C=O) groups is 1. The molecule has 22 heavy (non-hydrogen) atoms. The van der Waals surface area contributed by atoms with Crippen LogP contribution in [0.5, 0.6) is 0 Å². The lowest BCUT2D eigenvalue weighted by Crippen LogP contribution is -2.55. The predicted octanol–water partition coefficient (Wildman–Crippen LogP) is 2.91. The minimum atomic E-state index is -3.03. The first-order chi connectivity index (χ1) is 10.2. The Balaban J connectivity index is 2.05. The van der Waals surface area contributed by atoms with Crippen LogP contribution in [-0.2, 0) is 0 Å². The number of hydrogen-bond donors (Lipinski definition) is 1. The maximum Gasteiger partial charge on any atom is 0.300 e. The molecule has 120 valence electrons. The molecule has 1 N–H and O–H groups in total. The van der Waals surface area contributed by atoms with Crippen LogP contribution in [0.1, 0.15) is 37.6 Å². The third-order valence-corrected chi connectivity index (χ3v) is 3.71. The van der Waals surface area contributed by atoms with Crippen LogP contribution in [-0.4, -0.2) is 41.1 Å². The second-order valence-corrected chi connectivity index (χ2v) is 6.41. The first kappa shape index (κ1) is 16.5. The molecule has 1 heterocycles. The van der Waals surface area contributed by atoms with E-state index in [1.165, 1.54) is 0 Å². The Labute approximate surface area is 129 Å². The summed E-state index contributed by atoms with van der Waals surface area (Å²) in [5, 5.41) is 3.67. The average molecular weight is 309 g/mol. The summed E-state index contributed by atoms with van der Waals surface area (Å²) in [6.07, 6.45) is 0.138. The Bertz CT molecular complexity index is 565. The van der Waals surface area contributed by atoms with Gasteiger partial charge in [-0.15, -0.1) is 0 Å². The van der Waals surface area contributed by atoms with E-state index in [0.717, 1.165) is 0 Å². The van der Waals surface area contributed by atoms with Crippen LogP contribution in [0.15, 0.2) is 35.4 Å². The van der Waals surface area contributed by atoms with Crippen molar-refractivity contribution in [3.8, 4) is 0 Å². The fourth-order valence-electron chi connectivity index (χ4n) is 2.32. The first-order valence-electron chi connectivity index (χ1n) is 7.25. The fraction of sp³-hybridized carbons (Fsp3) is 0.500. The number of rotatable bonds is 2. The van der Waals surface area contributed by atoms with Crippen LogP contribution in [0, 0.1) is 0 Å². The first-order valence-corrected chi connectivity index (χ1v) is 7.25. The quantitative estimate of drug-likeness (QED) is 0.854. The summed E-state index contributed by atoms with van der Waals surface area (Å²) in [5.41, 5.74) is 2.04. The number of piperidine rings is 1. The Kier molecular flexibility index (Phi) is 4.60. The van der Waals surface area contributed by atoms with Crippen LogP contribution < -0.4 is 5.43 Å². The Morgan fingerprint density at radius 1 is 1.27 bits per heavy atom. The van der Waals surface area contributed by atoms with Gasteiger partial charge in [-0.1, -0.05) is 18.2 Å². The molecule has 4 nitrogen and oxygen atoms in total. The molecule has 0 atom stereocenters. The number of amides is 1. The van der Waals surface area contributed by atoms with Gasteiger partial charge in [-0.2, -0.15) is 13.9 Å². The van der Waals surface area contributed by atoms with Gasteiger partial charge in [0.2, 0.25) is 0 Å². The standard InChI is InChI=1S/C16H21F2N3O/c1-15(2,3)21-10-9-13(16(17,18)11-21)19-20-14(22)12-7-5-4-6-8-12/h4-8H,9-11H2,1-3H3,(H,20,22). The van der Waals surface area contributed by atoms with Crippen molar-refractivity contribution in [2.24, 2.45) is 5.10 Å². The fourth-order valence-corrected chi connectivity index (χ4v) is 2.32. The van der Waals surface area contributed by atoms with Gasteiger partial charge in [0.1, 0.15) is 5.71 Å². The van der Waals surface area contributed by atoms with Gasteiger partial charge in [0.25, 0.3) is 11.8 Å². The SMILES string of the molecule is CC(C)(C)N1CCC(=NNC(=O)c2ccccc2)C(F)(F)C1. The van der Waals surface area contributed by atoms with Crippen molar-refractivity contribution in [1.29, 1.82) is 0 Å². The third kappa shape index (κ3) is 3.88. The molecule has 0 radical (unpaired) electrons. The zero-order chi connectivity index (χ0) is 16.4. The molecule has 1 amide bonds. The van der Waals surface area contributed by atoms with Crippen molar-refractivity contribution in [3.05, 3.63) is 35.9 Å². The lowest BCUT2D eigenvalue weighted by molar-refractivity contribution is -0.0157. The number of hydrogen-bond acceptors (Lipinski definition) is 3. The molecule has 0 aliphatic carbocycles. The molecule has 1 saturated heterocycles. The molecule has 6 heteroatoms. The minimum Gasteiger partial charge on any atom is -0.292 e. The zero-order valence-electron chi connectivity index (χ0n) is 13.1. The summed E-state index contributed by atoms with van der Waals surface area (Å²) in [6, 6.07) is 8.40. The smallest absolute Gasteiger partial charge is 0.292 e. The molecule has 0 spiro atoms. The zero-order valence-corrected chi connectivity index (χ0v) is 13.1. The van der Waals surface area contributed by atoms with Crippen molar-refractivity contribution in [1.82, 2.24) is 10.3 Å². The van der Waals surface area contributed by atoms with Gasteiger partial charge in [0.15, 0.2) is 0 Å². The molecule has 1 fully saturated rings. The molecule has 1 aliphatic rings. The highest BCUT2D eigenvalue weighted by Crippen LogP contribution is 2.29. The van der Waals surface area contributed by atoms with Gasteiger partial charge in [0, 0.05) is 24.1 Å². The summed E-state index contributed by atoms with van der Waals surface area (Å²) >= 11 is 0. The molecule has 1 aromatic carbocycles. The van der Waals surface area contributed by atoms with E-state index in [1.807, 2.05) is 20.8 Å². The average Bonchev–Trinajstić information content (AvgIpc) is 2.44. The number of halogens is 2. The Morgan fingerprint density at radius 3 is 2.45 bits per heavy atom. The van der Waals surface area contributed by atoms with Gasteiger partial charge >= 0.3 is 0 Å². The topological polar surface area (TPSA) is 44.7 Å². The van der Waals surface area contributed by atoms with Gasteiger partial charge < -0.3 is 0 Å². The number of hydrazone groups is 1. The van der Waals surface area contributed by atoms with Gasteiger partial charge in [-0.05, 0) is 32.9 Å². The second kappa shape index (κ2) is 6.12. The summed E-state index contributed by atoms with van der Waals surface area (Å²) in [4.78, 5) is 13.6. The van der Waals surface area contributed by atoms with Crippen molar-refractivity contribution < 1.29 is 13.6 Å². The summed E-state index contributed by atoms with van der Waals surface area (Å²) < 4.78 is 28.4. The summed E-state index contributed by atoms with van der Waals surface area (Å²) in [6.45, 7) is 5.84. The summed E-state index contributed by atoms with van der Waals surface area (Å²) in [7, 11) is 0. The Morgan fingerprint density at radius 2 is 1.91 bits per heavy atom. The van der Waals surface area contributed by atoms with Crippen LogP contribution in [0.4, 0.5) is 8.78 Å². The van der Waals surface area contributed by atoms with E-state index in [1.54, 1.807) is 35.2 Å². The highest BCUT2D eigenvalue weighted by molar-refractivity contribution is 5.97. The lowest BCUT2D eigenvalue weighted by atomic mass is 9.97. The van der Waals surface area contributed by atoms with Crippen LogP contribution in [0.2, 0.25) is 0 Å². The van der Waals surface area contributed by atoms with E-state index in [9.17, 15) is 13.6 Å². The minimum absolute atomic E-state index is 0.138. The number of nitrogens with one attached hydrogen (secondary N) is 1. The molecule has 1 aromatic rings. The maximum absolute atomic E-state index is 14.2. The predicted molar refractivity (Wildman–Crippen MR) is 82.2 cm³/mol. The second-order valence-electron chi connectivity index (χ2n) is 6.41. The molecule has 0 unspecified atom stereocenters. The Hall–Kier alpha value is -1.82. The lowest BCUT2D eigenvalue weighted by Gasteiger charge is -2.41. The van der Waals surface area contributed by atoms with E-state index in [-0.39, 0.29) is 24.2 Å². The number of likely N-dealkylation sites (tertiary alicyclic amines) is 1. The van der Waals surface area contributed by atoms with E-state index in [0.29, 0.717) is 12.1 Å². The molecular formula is C16H21F2N3O. The normalized spacial score (nSPS) is 20.9. The maximum atomic E-state index is 14.2. The highest BCUT2D eigenvalue weighted by Gasteiger charge is 2.44.